The molecule has 3 nitrogen and oxygen atoms in total. The third-order valence-corrected chi connectivity index (χ3v) is 2.98. The topological polar surface area (TPSA) is 34.0 Å². The second-order valence-corrected chi connectivity index (χ2v) is 4.37. The number of nitrogens with zero attached hydrogens (tertiary/aromatic N) is 1. The van der Waals surface area contributed by atoms with Crippen LogP contribution in [0.25, 0.3) is 0 Å². The molecule has 19 heavy (non-hydrogen) atoms. The van der Waals surface area contributed by atoms with Crippen LogP contribution >= 0.6 is 0 Å². The normalized spacial score (nSPS) is 11.8. The summed E-state index contributed by atoms with van der Waals surface area (Å²) in [7, 11) is 0. The predicted molar refractivity (Wildman–Crippen MR) is 76.8 cm³/mol. The SMILES string of the molecule is C=CCNC(=O)[C@H](Cc1ccccc1)n1cccc1. The number of hydrogen-bond donors (Lipinski definition) is 1. The molecule has 0 spiro atoms. The summed E-state index contributed by atoms with van der Waals surface area (Å²) in [5, 5.41) is 2.86. The van der Waals surface area contributed by atoms with Crippen molar-refractivity contribution in [2.24, 2.45) is 0 Å². The van der Waals surface area contributed by atoms with Crippen LogP contribution in [-0.2, 0) is 11.2 Å². The molecule has 0 radical (unpaired) electrons. The van der Waals surface area contributed by atoms with E-state index in [9.17, 15) is 4.79 Å². The summed E-state index contributed by atoms with van der Waals surface area (Å²) < 4.78 is 1.94. The molecule has 98 valence electrons. The third kappa shape index (κ3) is 3.58. The van der Waals surface area contributed by atoms with Crippen molar-refractivity contribution >= 4 is 5.91 Å². The van der Waals surface area contributed by atoms with E-state index in [0.717, 1.165) is 5.56 Å². The Balaban J connectivity index is 2.15. The molecule has 1 heterocycles. The van der Waals surface area contributed by atoms with Crippen LogP contribution in [0, 0.1) is 0 Å². The van der Waals surface area contributed by atoms with Gasteiger partial charge in [-0.1, -0.05) is 36.4 Å². The number of carbonyl (C=O) groups is 1. The van der Waals surface area contributed by atoms with E-state index in [1.54, 1.807) is 6.08 Å². The van der Waals surface area contributed by atoms with Crippen LogP contribution in [0.15, 0.2) is 67.5 Å². The van der Waals surface area contributed by atoms with Crippen LogP contribution in [0.1, 0.15) is 11.6 Å². The number of benzene rings is 1. The maximum absolute atomic E-state index is 12.2. The lowest BCUT2D eigenvalue weighted by Gasteiger charge is -2.18. The van der Waals surface area contributed by atoms with Gasteiger partial charge in [-0.2, -0.15) is 0 Å². The quantitative estimate of drug-likeness (QED) is 0.790. The fourth-order valence-corrected chi connectivity index (χ4v) is 2.02. The minimum atomic E-state index is -0.225. The Morgan fingerprint density at radius 1 is 1.21 bits per heavy atom. The Hall–Kier alpha value is -2.29. The lowest BCUT2D eigenvalue weighted by molar-refractivity contribution is -0.124. The van der Waals surface area contributed by atoms with Gasteiger partial charge in [-0.3, -0.25) is 4.79 Å². The minimum Gasteiger partial charge on any atom is -0.351 e. The third-order valence-electron chi connectivity index (χ3n) is 2.98. The van der Waals surface area contributed by atoms with Crippen LogP contribution in [0.4, 0.5) is 0 Å². The number of nitrogens with one attached hydrogen (secondary N) is 1. The fraction of sp³-hybridized carbons (Fsp3) is 0.188. The summed E-state index contributed by atoms with van der Waals surface area (Å²) in [5.74, 6) is 0.0138. The highest BCUT2D eigenvalue weighted by Gasteiger charge is 2.19. The van der Waals surface area contributed by atoms with E-state index < -0.39 is 0 Å². The molecule has 0 bridgehead atoms. The molecule has 1 amide bonds. The summed E-state index contributed by atoms with van der Waals surface area (Å²) in [4.78, 5) is 12.2. The lowest BCUT2D eigenvalue weighted by Crippen LogP contribution is -2.33. The van der Waals surface area contributed by atoms with Crippen molar-refractivity contribution in [2.75, 3.05) is 6.54 Å². The van der Waals surface area contributed by atoms with E-state index >= 15 is 0 Å². The highest BCUT2D eigenvalue weighted by molar-refractivity contribution is 5.80. The van der Waals surface area contributed by atoms with Gasteiger partial charge in [-0.05, 0) is 17.7 Å². The van der Waals surface area contributed by atoms with Gasteiger partial charge in [0.15, 0.2) is 0 Å². The number of rotatable bonds is 6. The molecule has 1 atom stereocenters. The van der Waals surface area contributed by atoms with Gasteiger partial charge in [0.25, 0.3) is 0 Å². The van der Waals surface area contributed by atoms with Crippen LogP contribution in [-0.4, -0.2) is 17.0 Å². The summed E-state index contributed by atoms with van der Waals surface area (Å²) in [6, 6.07) is 13.7. The summed E-state index contributed by atoms with van der Waals surface area (Å²) in [5.41, 5.74) is 1.15. The number of hydrogen-bond acceptors (Lipinski definition) is 1. The van der Waals surface area contributed by atoms with Crippen molar-refractivity contribution in [1.29, 1.82) is 0 Å². The molecule has 0 saturated heterocycles. The monoisotopic (exact) mass is 254 g/mol. The number of amides is 1. The molecular weight excluding hydrogens is 236 g/mol. The van der Waals surface area contributed by atoms with Crippen LogP contribution < -0.4 is 5.32 Å². The van der Waals surface area contributed by atoms with Gasteiger partial charge in [-0.25, -0.2) is 0 Å². The Morgan fingerprint density at radius 2 is 1.89 bits per heavy atom. The predicted octanol–water partition coefficient (Wildman–Crippen LogP) is 2.57. The molecule has 0 aliphatic heterocycles. The molecule has 0 unspecified atom stereocenters. The maximum atomic E-state index is 12.2. The highest BCUT2D eigenvalue weighted by atomic mass is 16.2. The highest BCUT2D eigenvalue weighted by Crippen LogP contribution is 2.15. The first-order chi connectivity index (χ1) is 9.31. The van der Waals surface area contributed by atoms with Crippen LogP contribution in [0.3, 0.4) is 0 Å². The van der Waals surface area contributed by atoms with E-state index in [-0.39, 0.29) is 11.9 Å². The van der Waals surface area contributed by atoms with Crippen LogP contribution in [0.2, 0.25) is 0 Å². The van der Waals surface area contributed by atoms with Crippen molar-refractivity contribution in [3.8, 4) is 0 Å². The maximum Gasteiger partial charge on any atom is 0.243 e. The molecule has 1 aromatic heterocycles. The van der Waals surface area contributed by atoms with Gasteiger partial charge >= 0.3 is 0 Å². The van der Waals surface area contributed by atoms with Gasteiger partial charge in [-0.15, -0.1) is 6.58 Å². The second-order valence-electron chi connectivity index (χ2n) is 4.37. The van der Waals surface area contributed by atoms with Gasteiger partial charge in [0.2, 0.25) is 5.91 Å². The van der Waals surface area contributed by atoms with Crippen molar-refractivity contribution < 1.29 is 4.79 Å². The van der Waals surface area contributed by atoms with Crippen molar-refractivity contribution in [1.82, 2.24) is 9.88 Å². The van der Waals surface area contributed by atoms with Crippen molar-refractivity contribution in [3.63, 3.8) is 0 Å². The Bertz CT molecular complexity index is 517. The second kappa shape index (κ2) is 6.59. The molecule has 2 rings (SSSR count). The lowest BCUT2D eigenvalue weighted by atomic mass is 10.1. The largest absolute Gasteiger partial charge is 0.351 e. The average molecular weight is 254 g/mol. The molecule has 1 aromatic carbocycles. The summed E-state index contributed by atoms with van der Waals surface area (Å²) in [6.45, 7) is 4.11. The first-order valence-electron chi connectivity index (χ1n) is 6.36. The van der Waals surface area contributed by atoms with E-state index in [0.29, 0.717) is 13.0 Å². The first-order valence-corrected chi connectivity index (χ1v) is 6.36. The molecule has 0 fully saturated rings. The van der Waals surface area contributed by atoms with Gasteiger partial charge in [0, 0.05) is 25.4 Å². The standard InChI is InChI=1S/C16H18N2O/c1-2-10-17-16(19)15(18-11-6-7-12-18)13-14-8-4-3-5-9-14/h2-9,11-12,15H,1,10,13H2,(H,17,19)/t15-/m0/s1. The number of carbonyl (C=O) groups excluding carboxylic acids is 1. The fourth-order valence-electron chi connectivity index (χ4n) is 2.02. The Morgan fingerprint density at radius 3 is 2.53 bits per heavy atom. The summed E-state index contributed by atoms with van der Waals surface area (Å²) in [6.07, 6.45) is 6.20. The zero-order valence-electron chi connectivity index (χ0n) is 10.8. The zero-order valence-corrected chi connectivity index (χ0v) is 10.8. The number of aromatic nitrogens is 1. The molecule has 2 aromatic rings. The summed E-state index contributed by atoms with van der Waals surface area (Å²) >= 11 is 0. The van der Waals surface area contributed by atoms with Crippen LogP contribution in [0.5, 0.6) is 0 Å². The molecule has 0 aliphatic carbocycles. The minimum absolute atomic E-state index is 0.0138. The van der Waals surface area contributed by atoms with Gasteiger partial charge in [0.05, 0.1) is 0 Å². The zero-order chi connectivity index (χ0) is 13.5. The molecule has 0 aliphatic rings. The smallest absolute Gasteiger partial charge is 0.243 e. The van der Waals surface area contributed by atoms with E-state index in [1.807, 2.05) is 59.4 Å². The Kier molecular flexibility index (Phi) is 4.56. The molecule has 0 saturated carbocycles. The molecule has 3 heteroatoms. The van der Waals surface area contributed by atoms with Crippen molar-refractivity contribution in [2.45, 2.75) is 12.5 Å². The van der Waals surface area contributed by atoms with E-state index in [1.165, 1.54) is 0 Å². The van der Waals surface area contributed by atoms with E-state index in [4.69, 9.17) is 0 Å². The Labute approximate surface area is 113 Å². The van der Waals surface area contributed by atoms with E-state index in [2.05, 4.69) is 11.9 Å². The van der Waals surface area contributed by atoms with Gasteiger partial charge in [0.1, 0.15) is 6.04 Å². The molecule has 1 N–H and O–H groups in total. The first kappa shape index (κ1) is 13.1. The molecular formula is C16H18N2O. The van der Waals surface area contributed by atoms with Crippen molar-refractivity contribution in [3.05, 3.63) is 73.1 Å². The van der Waals surface area contributed by atoms with Gasteiger partial charge < -0.3 is 9.88 Å². The average Bonchev–Trinajstić information content (AvgIpc) is 2.97.